The molecule has 4 nitrogen and oxygen atoms in total. The summed E-state index contributed by atoms with van der Waals surface area (Å²) in [5, 5.41) is 9.00. The highest BCUT2D eigenvalue weighted by Gasteiger charge is 2.13. The highest BCUT2D eigenvalue weighted by atomic mass is 79.9. The molecular formula is C10H14BrNO3S. The lowest BCUT2D eigenvalue weighted by Gasteiger charge is -2.09. The second-order valence-electron chi connectivity index (χ2n) is 3.55. The maximum atomic E-state index is 11.6. The molecule has 16 heavy (non-hydrogen) atoms. The SMILES string of the molecule is C[C@@H](O)CNS(=O)(=O)Cc1ccccc1Br. The van der Waals surface area contributed by atoms with E-state index in [4.69, 9.17) is 5.11 Å². The lowest BCUT2D eigenvalue weighted by Crippen LogP contribution is -2.31. The summed E-state index contributed by atoms with van der Waals surface area (Å²) in [6.45, 7) is 1.56. The molecular weight excluding hydrogens is 294 g/mol. The molecule has 0 bridgehead atoms. The van der Waals surface area contributed by atoms with Crippen LogP contribution in [0, 0.1) is 0 Å². The van der Waals surface area contributed by atoms with Crippen LogP contribution in [-0.2, 0) is 15.8 Å². The fourth-order valence-corrected chi connectivity index (χ4v) is 2.99. The Labute approximate surface area is 104 Å². The van der Waals surface area contributed by atoms with Gasteiger partial charge in [-0.3, -0.25) is 0 Å². The summed E-state index contributed by atoms with van der Waals surface area (Å²) in [5.41, 5.74) is 0.695. The molecule has 0 heterocycles. The van der Waals surface area contributed by atoms with Gasteiger partial charge in [0.1, 0.15) is 0 Å². The number of benzene rings is 1. The number of halogens is 1. The second-order valence-corrected chi connectivity index (χ2v) is 6.21. The van der Waals surface area contributed by atoms with Crippen molar-refractivity contribution < 1.29 is 13.5 Å². The van der Waals surface area contributed by atoms with E-state index >= 15 is 0 Å². The van der Waals surface area contributed by atoms with Gasteiger partial charge in [-0.15, -0.1) is 0 Å². The zero-order valence-electron chi connectivity index (χ0n) is 8.85. The van der Waals surface area contributed by atoms with Crippen LogP contribution in [0.1, 0.15) is 12.5 Å². The van der Waals surface area contributed by atoms with Crippen molar-refractivity contribution in [1.29, 1.82) is 0 Å². The van der Waals surface area contributed by atoms with Crippen LogP contribution >= 0.6 is 15.9 Å². The number of aliphatic hydroxyl groups is 1. The van der Waals surface area contributed by atoms with Gasteiger partial charge in [0.05, 0.1) is 11.9 Å². The zero-order valence-corrected chi connectivity index (χ0v) is 11.3. The van der Waals surface area contributed by atoms with Crippen molar-refractivity contribution in [2.24, 2.45) is 0 Å². The van der Waals surface area contributed by atoms with Crippen LogP contribution < -0.4 is 4.72 Å². The topological polar surface area (TPSA) is 66.4 Å². The van der Waals surface area contributed by atoms with Crippen molar-refractivity contribution in [2.75, 3.05) is 6.54 Å². The van der Waals surface area contributed by atoms with Gasteiger partial charge in [0, 0.05) is 11.0 Å². The normalized spacial score (nSPS) is 13.7. The minimum atomic E-state index is -3.39. The zero-order chi connectivity index (χ0) is 12.2. The predicted octanol–water partition coefficient (Wildman–Crippen LogP) is 1.25. The molecule has 0 aliphatic rings. The van der Waals surface area contributed by atoms with Crippen molar-refractivity contribution >= 4 is 26.0 Å². The van der Waals surface area contributed by atoms with Crippen LogP contribution in [0.5, 0.6) is 0 Å². The quantitative estimate of drug-likeness (QED) is 0.860. The Hall–Kier alpha value is -0.430. The Morgan fingerprint density at radius 1 is 1.44 bits per heavy atom. The first-order valence-electron chi connectivity index (χ1n) is 4.79. The van der Waals surface area contributed by atoms with E-state index in [1.54, 1.807) is 18.2 Å². The van der Waals surface area contributed by atoms with E-state index in [1.807, 2.05) is 6.07 Å². The lowest BCUT2D eigenvalue weighted by molar-refractivity contribution is 0.198. The molecule has 0 amide bonds. The van der Waals surface area contributed by atoms with Crippen molar-refractivity contribution in [3.05, 3.63) is 34.3 Å². The van der Waals surface area contributed by atoms with Crippen LogP contribution in [0.4, 0.5) is 0 Å². The van der Waals surface area contributed by atoms with Crippen molar-refractivity contribution in [3.8, 4) is 0 Å². The molecule has 0 spiro atoms. The van der Waals surface area contributed by atoms with E-state index in [-0.39, 0.29) is 12.3 Å². The Bertz CT molecular complexity index is 445. The lowest BCUT2D eigenvalue weighted by atomic mass is 10.2. The number of sulfonamides is 1. The molecule has 0 aliphatic carbocycles. The molecule has 0 saturated heterocycles. The maximum Gasteiger partial charge on any atom is 0.215 e. The van der Waals surface area contributed by atoms with Gasteiger partial charge in [-0.1, -0.05) is 34.1 Å². The van der Waals surface area contributed by atoms with E-state index in [0.717, 1.165) is 4.47 Å². The Balaban J connectivity index is 2.70. The van der Waals surface area contributed by atoms with Gasteiger partial charge in [-0.25, -0.2) is 13.1 Å². The third-order valence-corrected chi connectivity index (χ3v) is 3.97. The van der Waals surface area contributed by atoms with Gasteiger partial charge in [0.25, 0.3) is 0 Å². The van der Waals surface area contributed by atoms with Crippen LogP contribution in [0.15, 0.2) is 28.7 Å². The molecule has 0 aliphatic heterocycles. The monoisotopic (exact) mass is 307 g/mol. The van der Waals surface area contributed by atoms with Crippen molar-refractivity contribution in [2.45, 2.75) is 18.8 Å². The predicted molar refractivity (Wildman–Crippen MR) is 66.4 cm³/mol. The molecule has 1 aromatic rings. The van der Waals surface area contributed by atoms with Crippen LogP contribution in [0.25, 0.3) is 0 Å². The first kappa shape index (κ1) is 13.6. The number of hydrogen-bond acceptors (Lipinski definition) is 3. The molecule has 1 aromatic carbocycles. The van der Waals surface area contributed by atoms with Gasteiger partial charge in [0.15, 0.2) is 0 Å². The molecule has 1 atom stereocenters. The maximum absolute atomic E-state index is 11.6. The molecule has 0 aromatic heterocycles. The van der Waals surface area contributed by atoms with Gasteiger partial charge in [0.2, 0.25) is 10.0 Å². The van der Waals surface area contributed by atoms with Crippen molar-refractivity contribution in [1.82, 2.24) is 4.72 Å². The first-order chi connectivity index (χ1) is 7.41. The van der Waals surface area contributed by atoms with Gasteiger partial charge in [-0.05, 0) is 18.6 Å². The summed E-state index contributed by atoms with van der Waals surface area (Å²) >= 11 is 3.29. The van der Waals surface area contributed by atoms with Gasteiger partial charge >= 0.3 is 0 Å². The van der Waals surface area contributed by atoms with Gasteiger partial charge < -0.3 is 5.11 Å². The summed E-state index contributed by atoms with van der Waals surface area (Å²) in [4.78, 5) is 0. The number of rotatable bonds is 5. The highest BCUT2D eigenvalue weighted by Crippen LogP contribution is 2.17. The van der Waals surface area contributed by atoms with E-state index < -0.39 is 16.1 Å². The van der Waals surface area contributed by atoms with E-state index in [9.17, 15) is 8.42 Å². The fraction of sp³-hybridized carbons (Fsp3) is 0.400. The Kier molecular flexibility index (Phi) is 4.91. The number of hydrogen-bond donors (Lipinski definition) is 2. The minimum absolute atomic E-state index is 0.0345. The summed E-state index contributed by atoms with van der Waals surface area (Å²) < 4.78 is 26.3. The van der Waals surface area contributed by atoms with Crippen LogP contribution in [0.2, 0.25) is 0 Å². The van der Waals surface area contributed by atoms with Crippen LogP contribution in [-0.4, -0.2) is 26.2 Å². The molecule has 0 fully saturated rings. The Morgan fingerprint density at radius 3 is 2.62 bits per heavy atom. The van der Waals surface area contributed by atoms with Crippen LogP contribution in [0.3, 0.4) is 0 Å². The van der Waals surface area contributed by atoms with E-state index in [2.05, 4.69) is 20.7 Å². The summed E-state index contributed by atoms with van der Waals surface area (Å²) in [6, 6.07) is 7.14. The van der Waals surface area contributed by atoms with Crippen molar-refractivity contribution in [3.63, 3.8) is 0 Å². The summed E-state index contributed by atoms with van der Waals surface area (Å²) in [6.07, 6.45) is -0.686. The fourth-order valence-electron chi connectivity index (χ4n) is 1.12. The standard InChI is InChI=1S/C10H14BrNO3S/c1-8(13)6-12-16(14,15)7-9-4-2-3-5-10(9)11/h2-5,8,12-13H,6-7H2,1H3/t8-/m1/s1. The minimum Gasteiger partial charge on any atom is -0.392 e. The van der Waals surface area contributed by atoms with E-state index in [1.165, 1.54) is 6.92 Å². The molecule has 90 valence electrons. The average molecular weight is 308 g/mol. The molecule has 0 radical (unpaired) electrons. The number of nitrogens with one attached hydrogen (secondary N) is 1. The number of aliphatic hydroxyl groups excluding tert-OH is 1. The molecule has 0 unspecified atom stereocenters. The van der Waals surface area contributed by atoms with E-state index in [0.29, 0.717) is 5.56 Å². The molecule has 1 rings (SSSR count). The first-order valence-corrected chi connectivity index (χ1v) is 7.24. The molecule has 0 saturated carbocycles. The largest absolute Gasteiger partial charge is 0.392 e. The molecule has 6 heteroatoms. The molecule has 2 N–H and O–H groups in total. The third kappa shape index (κ3) is 4.61. The highest BCUT2D eigenvalue weighted by molar-refractivity contribution is 9.10. The third-order valence-electron chi connectivity index (χ3n) is 1.90. The summed E-state index contributed by atoms with van der Waals surface area (Å²) in [5.74, 6) is -0.0961. The second kappa shape index (κ2) is 5.77. The average Bonchev–Trinajstić information content (AvgIpc) is 2.19. The van der Waals surface area contributed by atoms with Gasteiger partial charge in [-0.2, -0.15) is 0 Å². The summed E-state index contributed by atoms with van der Waals surface area (Å²) in [7, 11) is -3.39. The smallest absolute Gasteiger partial charge is 0.215 e. The Morgan fingerprint density at radius 2 is 2.06 bits per heavy atom.